The number of benzene rings is 1. The molecule has 4 heteroatoms. The van der Waals surface area contributed by atoms with E-state index in [9.17, 15) is 5.11 Å². The van der Waals surface area contributed by atoms with E-state index in [0.29, 0.717) is 18.5 Å². The van der Waals surface area contributed by atoms with Crippen molar-refractivity contribution >= 4 is 11.8 Å². The Morgan fingerprint density at radius 1 is 1.33 bits per heavy atom. The lowest BCUT2D eigenvalue weighted by Crippen LogP contribution is -2.60. The highest BCUT2D eigenvalue weighted by Crippen LogP contribution is 2.36. The van der Waals surface area contributed by atoms with Crippen molar-refractivity contribution in [1.29, 1.82) is 0 Å². The van der Waals surface area contributed by atoms with Crippen molar-refractivity contribution in [2.45, 2.75) is 35.4 Å². The van der Waals surface area contributed by atoms with Crippen LogP contribution in [0, 0.1) is 0 Å². The molecule has 0 bridgehead atoms. The third-order valence-corrected chi connectivity index (χ3v) is 4.44. The molecular weight excluding hydrogens is 246 g/mol. The number of ether oxygens (including phenoxy) is 1. The van der Waals surface area contributed by atoms with Crippen molar-refractivity contribution < 1.29 is 9.84 Å². The first-order valence-corrected chi connectivity index (χ1v) is 7.18. The summed E-state index contributed by atoms with van der Waals surface area (Å²) < 4.78 is 5.31. The van der Waals surface area contributed by atoms with Crippen LogP contribution in [0.1, 0.15) is 19.4 Å². The summed E-state index contributed by atoms with van der Waals surface area (Å²) in [6.45, 7) is 5.56. The van der Waals surface area contributed by atoms with E-state index < -0.39 is 0 Å². The van der Waals surface area contributed by atoms with E-state index in [1.807, 2.05) is 11.8 Å². The van der Waals surface area contributed by atoms with Crippen molar-refractivity contribution in [2.24, 2.45) is 5.73 Å². The molecule has 1 heterocycles. The standard InChI is InChI=1S/C14H21NO2S/c1-10(2)18-12-5-3-11(4-6-12)14(8-17-9-14)13(15)7-16/h3-6,10,13,16H,7-9,15H2,1-2H3. The lowest BCUT2D eigenvalue weighted by molar-refractivity contribution is -0.0798. The van der Waals surface area contributed by atoms with E-state index in [4.69, 9.17) is 10.5 Å². The van der Waals surface area contributed by atoms with Gasteiger partial charge in [-0.1, -0.05) is 26.0 Å². The van der Waals surface area contributed by atoms with Crippen LogP contribution in [0.25, 0.3) is 0 Å². The molecule has 0 saturated carbocycles. The summed E-state index contributed by atoms with van der Waals surface area (Å²) in [6, 6.07) is 8.23. The molecule has 3 N–H and O–H groups in total. The van der Waals surface area contributed by atoms with Crippen molar-refractivity contribution in [2.75, 3.05) is 19.8 Å². The van der Waals surface area contributed by atoms with Crippen molar-refractivity contribution in [3.05, 3.63) is 29.8 Å². The first kappa shape index (κ1) is 13.9. The second-order valence-corrected chi connectivity index (χ2v) is 6.78. The highest BCUT2D eigenvalue weighted by atomic mass is 32.2. The molecule has 1 aromatic carbocycles. The largest absolute Gasteiger partial charge is 0.395 e. The fraction of sp³-hybridized carbons (Fsp3) is 0.571. The average Bonchev–Trinajstić information content (AvgIpc) is 2.29. The Morgan fingerprint density at radius 3 is 2.33 bits per heavy atom. The number of nitrogens with two attached hydrogens (primary N) is 1. The number of rotatable bonds is 5. The van der Waals surface area contributed by atoms with Gasteiger partial charge in [0.25, 0.3) is 0 Å². The van der Waals surface area contributed by atoms with Crippen LogP contribution in [0.15, 0.2) is 29.2 Å². The van der Waals surface area contributed by atoms with E-state index in [-0.39, 0.29) is 18.1 Å². The van der Waals surface area contributed by atoms with Gasteiger partial charge < -0.3 is 15.6 Å². The Hall–Kier alpha value is -0.550. The molecule has 0 spiro atoms. The van der Waals surface area contributed by atoms with Crippen LogP contribution in [0.2, 0.25) is 0 Å². The second kappa shape index (κ2) is 5.61. The van der Waals surface area contributed by atoms with Crippen molar-refractivity contribution in [3.63, 3.8) is 0 Å². The number of hydrogen-bond donors (Lipinski definition) is 2. The first-order chi connectivity index (χ1) is 8.58. The molecule has 1 aliphatic heterocycles. The Kier molecular flexibility index (Phi) is 4.33. The van der Waals surface area contributed by atoms with Crippen LogP contribution in [0.3, 0.4) is 0 Å². The van der Waals surface area contributed by atoms with Crippen LogP contribution in [-0.4, -0.2) is 36.2 Å². The van der Waals surface area contributed by atoms with Gasteiger partial charge in [-0.05, 0) is 17.7 Å². The lowest BCUT2D eigenvalue weighted by Gasteiger charge is -2.45. The van der Waals surface area contributed by atoms with Gasteiger partial charge in [-0.2, -0.15) is 0 Å². The molecule has 0 amide bonds. The van der Waals surface area contributed by atoms with Gasteiger partial charge in [-0.3, -0.25) is 0 Å². The Morgan fingerprint density at radius 2 is 1.94 bits per heavy atom. The zero-order valence-corrected chi connectivity index (χ0v) is 11.7. The quantitative estimate of drug-likeness (QED) is 0.798. The Labute approximate surface area is 113 Å². The number of aliphatic hydroxyl groups is 1. The maximum atomic E-state index is 9.29. The number of aliphatic hydroxyl groups excluding tert-OH is 1. The predicted molar refractivity (Wildman–Crippen MR) is 75.0 cm³/mol. The third-order valence-electron chi connectivity index (χ3n) is 3.43. The minimum atomic E-state index is -0.255. The van der Waals surface area contributed by atoms with Crippen molar-refractivity contribution in [1.82, 2.24) is 0 Å². The van der Waals surface area contributed by atoms with Gasteiger partial charge in [0.05, 0.1) is 25.2 Å². The van der Waals surface area contributed by atoms with Gasteiger partial charge in [-0.25, -0.2) is 0 Å². The molecular formula is C14H21NO2S. The van der Waals surface area contributed by atoms with E-state index in [1.165, 1.54) is 10.5 Å². The van der Waals surface area contributed by atoms with E-state index in [2.05, 4.69) is 38.1 Å². The smallest absolute Gasteiger partial charge is 0.0601 e. The van der Waals surface area contributed by atoms with Crippen LogP contribution in [-0.2, 0) is 10.2 Å². The van der Waals surface area contributed by atoms with Gasteiger partial charge in [0.1, 0.15) is 0 Å². The zero-order valence-electron chi connectivity index (χ0n) is 10.9. The summed E-state index contributed by atoms with van der Waals surface area (Å²) >= 11 is 1.85. The normalized spacial score (nSPS) is 19.6. The van der Waals surface area contributed by atoms with E-state index in [0.717, 1.165) is 0 Å². The van der Waals surface area contributed by atoms with Crippen LogP contribution >= 0.6 is 11.8 Å². The SMILES string of the molecule is CC(C)Sc1ccc(C2(C(N)CO)COC2)cc1. The average molecular weight is 267 g/mol. The summed E-state index contributed by atoms with van der Waals surface area (Å²) in [5.41, 5.74) is 7.00. The third kappa shape index (κ3) is 2.57. The molecule has 0 aliphatic carbocycles. The highest BCUT2D eigenvalue weighted by molar-refractivity contribution is 7.99. The molecule has 2 rings (SSSR count). The topological polar surface area (TPSA) is 55.5 Å². The summed E-state index contributed by atoms with van der Waals surface area (Å²) in [7, 11) is 0. The molecule has 1 unspecified atom stereocenters. The minimum Gasteiger partial charge on any atom is -0.395 e. The van der Waals surface area contributed by atoms with Crippen LogP contribution in [0.5, 0.6) is 0 Å². The predicted octanol–water partition coefficient (Wildman–Crippen LogP) is 1.77. The molecule has 0 aromatic heterocycles. The summed E-state index contributed by atoms with van der Waals surface area (Å²) in [6.07, 6.45) is 0. The van der Waals surface area contributed by atoms with E-state index >= 15 is 0 Å². The van der Waals surface area contributed by atoms with Gasteiger partial charge >= 0.3 is 0 Å². The molecule has 1 aliphatic rings. The van der Waals surface area contributed by atoms with Crippen molar-refractivity contribution in [3.8, 4) is 0 Å². The molecule has 100 valence electrons. The maximum absolute atomic E-state index is 9.29. The highest BCUT2D eigenvalue weighted by Gasteiger charge is 2.45. The summed E-state index contributed by atoms with van der Waals surface area (Å²) in [5, 5.41) is 9.87. The van der Waals surface area contributed by atoms with Crippen LogP contribution in [0.4, 0.5) is 0 Å². The summed E-state index contributed by atoms with van der Waals surface area (Å²) in [4.78, 5) is 1.27. The number of thioether (sulfide) groups is 1. The zero-order chi connectivity index (χ0) is 13.2. The van der Waals surface area contributed by atoms with Gasteiger partial charge in [0, 0.05) is 16.2 Å². The van der Waals surface area contributed by atoms with Gasteiger partial charge in [0.2, 0.25) is 0 Å². The molecule has 1 fully saturated rings. The minimum absolute atomic E-state index is 0.00808. The first-order valence-electron chi connectivity index (χ1n) is 6.30. The van der Waals surface area contributed by atoms with E-state index in [1.54, 1.807) is 0 Å². The fourth-order valence-electron chi connectivity index (χ4n) is 2.23. The molecule has 1 saturated heterocycles. The van der Waals surface area contributed by atoms with Gasteiger partial charge in [0.15, 0.2) is 0 Å². The maximum Gasteiger partial charge on any atom is 0.0601 e. The Balaban J connectivity index is 2.17. The second-order valence-electron chi connectivity index (χ2n) is 5.13. The lowest BCUT2D eigenvalue weighted by atomic mass is 9.73. The number of hydrogen-bond acceptors (Lipinski definition) is 4. The molecule has 0 radical (unpaired) electrons. The fourth-order valence-corrected chi connectivity index (χ4v) is 3.07. The van der Waals surface area contributed by atoms with Gasteiger partial charge in [-0.15, -0.1) is 11.8 Å². The monoisotopic (exact) mass is 267 g/mol. The molecule has 1 atom stereocenters. The molecule has 3 nitrogen and oxygen atoms in total. The summed E-state index contributed by atoms with van der Waals surface area (Å²) in [5.74, 6) is 0. The molecule has 18 heavy (non-hydrogen) atoms. The molecule has 1 aromatic rings. The Bertz CT molecular complexity index is 387. The van der Waals surface area contributed by atoms with Crippen LogP contribution < -0.4 is 5.73 Å².